The number of ether oxygens (including phenoxy) is 2. The van der Waals surface area contributed by atoms with Crippen molar-refractivity contribution < 1.29 is 19.1 Å². The van der Waals surface area contributed by atoms with E-state index in [2.05, 4.69) is 0 Å². The maximum Gasteiger partial charge on any atom is 0.315 e. The Labute approximate surface area is 116 Å². The van der Waals surface area contributed by atoms with Crippen molar-refractivity contribution in [2.24, 2.45) is 5.41 Å². The highest BCUT2D eigenvalue weighted by molar-refractivity contribution is 6.67. The van der Waals surface area contributed by atoms with Crippen LogP contribution in [0.5, 0.6) is 5.75 Å². The van der Waals surface area contributed by atoms with E-state index in [1.54, 1.807) is 31.2 Å². The molecule has 4 nitrogen and oxygen atoms in total. The molecule has 2 rings (SSSR count). The van der Waals surface area contributed by atoms with Gasteiger partial charge in [-0.2, -0.15) is 0 Å². The molecule has 0 bridgehead atoms. The van der Waals surface area contributed by atoms with Crippen LogP contribution in [0.4, 0.5) is 0 Å². The van der Waals surface area contributed by atoms with E-state index < -0.39 is 10.7 Å². The Kier molecular flexibility index (Phi) is 4.10. The number of rotatable bonds is 6. The summed E-state index contributed by atoms with van der Waals surface area (Å²) in [5, 5.41) is -0.531. The first-order chi connectivity index (χ1) is 9.07. The minimum absolute atomic E-state index is 0.209. The Balaban J connectivity index is 1.97. The highest BCUT2D eigenvalue weighted by Crippen LogP contribution is 2.47. The van der Waals surface area contributed by atoms with Crippen LogP contribution >= 0.6 is 11.6 Å². The summed E-state index contributed by atoms with van der Waals surface area (Å²) >= 11 is 5.40. The normalized spacial score (nSPS) is 15.7. The second kappa shape index (κ2) is 5.61. The average Bonchev–Trinajstić information content (AvgIpc) is 3.18. The van der Waals surface area contributed by atoms with E-state index in [1.807, 2.05) is 0 Å². The molecule has 5 heteroatoms. The van der Waals surface area contributed by atoms with Crippen LogP contribution in [0.1, 0.15) is 30.1 Å². The standard InChI is InChI=1S/C14H15ClO4/c1-2-18-13(17)14(6-7-14)9-19-11-5-3-4-10(8-11)12(15)16/h3-5,8H,2,6-7,9H2,1H3. The molecule has 19 heavy (non-hydrogen) atoms. The van der Waals surface area contributed by atoms with E-state index in [4.69, 9.17) is 21.1 Å². The first-order valence-electron chi connectivity index (χ1n) is 6.17. The number of carbonyl (C=O) groups is 2. The van der Waals surface area contributed by atoms with Gasteiger partial charge in [0.15, 0.2) is 0 Å². The molecule has 0 aromatic heterocycles. The Morgan fingerprint density at radius 3 is 2.68 bits per heavy atom. The molecule has 0 heterocycles. The zero-order valence-electron chi connectivity index (χ0n) is 10.6. The van der Waals surface area contributed by atoms with E-state index in [9.17, 15) is 9.59 Å². The molecule has 0 spiro atoms. The van der Waals surface area contributed by atoms with E-state index in [1.165, 1.54) is 0 Å². The largest absolute Gasteiger partial charge is 0.492 e. The van der Waals surface area contributed by atoms with E-state index in [0.29, 0.717) is 17.9 Å². The maximum atomic E-state index is 11.7. The Hall–Kier alpha value is -1.55. The fraction of sp³-hybridized carbons (Fsp3) is 0.429. The monoisotopic (exact) mass is 282 g/mol. The van der Waals surface area contributed by atoms with Gasteiger partial charge in [-0.05, 0) is 49.6 Å². The molecule has 0 amide bonds. The Morgan fingerprint density at radius 2 is 2.11 bits per heavy atom. The van der Waals surface area contributed by atoms with Gasteiger partial charge in [-0.25, -0.2) is 0 Å². The highest BCUT2D eigenvalue weighted by atomic mass is 35.5. The van der Waals surface area contributed by atoms with Gasteiger partial charge in [-0.15, -0.1) is 0 Å². The third kappa shape index (κ3) is 3.26. The molecule has 1 fully saturated rings. The predicted octanol–water partition coefficient (Wildman–Crippen LogP) is 2.79. The summed E-state index contributed by atoms with van der Waals surface area (Å²) < 4.78 is 10.6. The molecule has 0 saturated heterocycles. The van der Waals surface area contributed by atoms with Crippen molar-refractivity contribution >= 4 is 22.8 Å². The molecular formula is C14H15ClO4. The van der Waals surface area contributed by atoms with Crippen molar-refractivity contribution in [3.05, 3.63) is 29.8 Å². The lowest BCUT2D eigenvalue weighted by atomic mass is 10.1. The third-order valence-electron chi connectivity index (χ3n) is 3.14. The summed E-state index contributed by atoms with van der Waals surface area (Å²) in [5.41, 5.74) is -0.128. The van der Waals surface area contributed by atoms with Gasteiger partial charge in [-0.1, -0.05) is 6.07 Å². The summed E-state index contributed by atoms with van der Waals surface area (Å²) in [7, 11) is 0. The lowest BCUT2D eigenvalue weighted by Gasteiger charge is -2.15. The first kappa shape index (κ1) is 13.9. The SMILES string of the molecule is CCOC(=O)C1(COc2cccc(C(=O)Cl)c2)CC1. The van der Waals surface area contributed by atoms with Crippen LogP contribution in [-0.4, -0.2) is 24.4 Å². The van der Waals surface area contributed by atoms with E-state index in [-0.39, 0.29) is 12.6 Å². The average molecular weight is 283 g/mol. The van der Waals surface area contributed by atoms with Gasteiger partial charge in [0, 0.05) is 5.56 Å². The van der Waals surface area contributed by atoms with Crippen LogP contribution in [0, 0.1) is 5.41 Å². The Morgan fingerprint density at radius 1 is 1.37 bits per heavy atom. The molecule has 1 aliphatic rings. The molecule has 0 aliphatic heterocycles. The van der Waals surface area contributed by atoms with Crippen molar-refractivity contribution in [3.63, 3.8) is 0 Å². The second-order valence-electron chi connectivity index (χ2n) is 4.59. The molecule has 0 unspecified atom stereocenters. The van der Waals surface area contributed by atoms with Gasteiger partial charge in [0.05, 0.1) is 6.61 Å². The van der Waals surface area contributed by atoms with E-state index in [0.717, 1.165) is 12.8 Å². The van der Waals surface area contributed by atoms with Crippen molar-refractivity contribution in [2.45, 2.75) is 19.8 Å². The predicted molar refractivity (Wildman–Crippen MR) is 70.4 cm³/mol. The molecule has 0 radical (unpaired) electrons. The van der Waals surface area contributed by atoms with Gasteiger partial charge in [0.2, 0.25) is 0 Å². The molecular weight excluding hydrogens is 268 g/mol. The van der Waals surface area contributed by atoms with E-state index >= 15 is 0 Å². The highest BCUT2D eigenvalue weighted by Gasteiger charge is 2.52. The lowest BCUT2D eigenvalue weighted by molar-refractivity contribution is -0.150. The molecule has 102 valence electrons. The van der Waals surface area contributed by atoms with Crippen LogP contribution in [-0.2, 0) is 9.53 Å². The minimum Gasteiger partial charge on any atom is -0.492 e. The van der Waals surface area contributed by atoms with Gasteiger partial charge in [-0.3, -0.25) is 9.59 Å². The van der Waals surface area contributed by atoms with Gasteiger partial charge < -0.3 is 9.47 Å². The number of hydrogen-bond donors (Lipinski definition) is 0. The first-order valence-corrected chi connectivity index (χ1v) is 6.55. The molecule has 1 aliphatic carbocycles. The zero-order valence-corrected chi connectivity index (χ0v) is 11.4. The molecule has 1 aromatic rings. The zero-order chi connectivity index (χ0) is 13.9. The van der Waals surface area contributed by atoms with Crippen molar-refractivity contribution in [1.29, 1.82) is 0 Å². The van der Waals surface area contributed by atoms with Crippen LogP contribution < -0.4 is 4.74 Å². The summed E-state index contributed by atoms with van der Waals surface area (Å²) in [4.78, 5) is 22.8. The maximum absolute atomic E-state index is 11.7. The van der Waals surface area contributed by atoms with Crippen LogP contribution in [0.3, 0.4) is 0 Å². The van der Waals surface area contributed by atoms with Crippen molar-refractivity contribution in [3.8, 4) is 5.75 Å². The molecule has 0 N–H and O–H groups in total. The number of carbonyl (C=O) groups excluding carboxylic acids is 2. The van der Waals surface area contributed by atoms with Crippen molar-refractivity contribution in [2.75, 3.05) is 13.2 Å². The summed E-state index contributed by atoms with van der Waals surface area (Å²) in [6.45, 7) is 2.42. The Bertz CT molecular complexity index is 494. The number of esters is 1. The number of halogens is 1. The number of benzene rings is 1. The lowest BCUT2D eigenvalue weighted by Crippen LogP contribution is -2.25. The summed E-state index contributed by atoms with van der Waals surface area (Å²) in [6.07, 6.45) is 1.56. The van der Waals surface area contributed by atoms with Gasteiger partial charge >= 0.3 is 5.97 Å². The summed E-state index contributed by atoms with van der Waals surface area (Å²) in [5.74, 6) is 0.321. The smallest absolute Gasteiger partial charge is 0.315 e. The van der Waals surface area contributed by atoms with Gasteiger partial charge in [0.25, 0.3) is 5.24 Å². The fourth-order valence-electron chi connectivity index (χ4n) is 1.77. The summed E-state index contributed by atoms with van der Waals surface area (Å²) in [6, 6.07) is 6.59. The molecule has 1 aromatic carbocycles. The topological polar surface area (TPSA) is 52.6 Å². The molecule has 1 saturated carbocycles. The fourth-order valence-corrected chi connectivity index (χ4v) is 1.89. The van der Waals surface area contributed by atoms with Crippen LogP contribution in [0.2, 0.25) is 0 Å². The van der Waals surface area contributed by atoms with Crippen LogP contribution in [0.25, 0.3) is 0 Å². The van der Waals surface area contributed by atoms with Crippen LogP contribution in [0.15, 0.2) is 24.3 Å². The quantitative estimate of drug-likeness (QED) is 0.595. The van der Waals surface area contributed by atoms with Crippen molar-refractivity contribution in [1.82, 2.24) is 0 Å². The number of hydrogen-bond acceptors (Lipinski definition) is 4. The van der Waals surface area contributed by atoms with Gasteiger partial charge in [0.1, 0.15) is 17.8 Å². The second-order valence-corrected chi connectivity index (χ2v) is 4.93. The molecule has 0 atom stereocenters. The minimum atomic E-state index is -0.531. The third-order valence-corrected chi connectivity index (χ3v) is 3.36.